The number of hydrogen-bond acceptors (Lipinski definition) is 8. The van der Waals surface area contributed by atoms with Crippen LogP contribution in [0.15, 0.2) is 146 Å². The van der Waals surface area contributed by atoms with Crippen LogP contribution in [0.3, 0.4) is 0 Å². The summed E-state index contributed by atoms with van der Waals surface area (Å²) in [6, 6.07) is -0.840. The molecule has 7 atom stereocenters. The highest BCUT2D eigenvalue weighted by molar-refractivity contribution is 5.76. The zero-order chi connectivity index (χ0) is 54.3. The van der Waals surface area contributed by atoms with Crippen molar-refractivity contribution in [1.82, 2.24) is 5.32 Å². The molecule has 1 heterocycles. The molecule has 1 aliphatic heterocycles. The second-order valence-corrected chi connectivity index (χ2v) is 19.7. The van der Waals surface area contributed by atoms with Crippen LogP contribution in [0.2, 0.25) is 0 Å². The fourth-order valence-corrected chi connectivity index (χ4v) is 8.26. The number of hydrogen-bond donors (Lipinski definition) is 6. The molecular weight excluding hydrogens is 935 g/mol. The maximum Gasteiger partial charge on any atom is 0.220 e. The molecule has 0 bridgehead atoms. The van der Waals surface area contributed by atoms with Crippen LogP contribution < -0.4 is 5.32 Å². The van der Waals surface area contributed by atoms with E-state index >= 15 is 0 Å². The molecule has 0 radical (unpaired) electrons. The molecule has 1 fully saturated rings. The van der Waals surface area contributed by atoms with Crippen molar-refractivity contribution in [3.63, 3.8) is 0 Å². The average Bonchev–Trinajstić information content (AvgIpc) is 3.41. The van der Waals surface area contributed by atoms with Crippen molar-refractivity contribution in [3.05, 3.63) is 146 Å². The molecule has 9 heteroatoms. The summed E-state index contributed by atoms with van der Waals surface area (Å²) >= 11 is 0. The van der Waals surface area contributed by atoms with Gasteiger partial charge in [-0.2, -0.15) is 0 Å². The third-order valence-electron chi connectivity index (χ3n) is 12.9. The Labute approximate surface area is 457 Å². The van der Waals surface area contributed by atoms with Gasteiger partial charge in [-0.1, -0.05) is 237 Å². The van der Waals surface area contributed by atoms with E-state index in [4.69, 9.17) is 9.47 Å². The molecule has 0 aromatic carbocycles. The summed E-state index contributed by atoms with van der Waals surface area (Å²) in [5, 5.41) is 54.4. The van der Waals surface area contributed by atoms with Gasteiger partial charge in [0.2, 0.25) is 5.91 Å². The van der Waals surface area contributed by atoms with Crippen LogP contribution >= 0.6 is 0 Å². The molecule has 0 aromatic rings. The fourth-order valence-electron chi connectivity index (χ4n) is 8.26. The number of unbranched alkanes of at least 4 members (excludes halogenated alkanes) is 16. The molecule has 1 amide bonds. The minimum Gasteiger partial charge on any atom is -0.394 e. The Morgan fingerprint density at radius 3 is 1.28 bits per heavy atom. The summed E-state index contributed by atoms with van der Waals surface area (Å²) in [5.74, 6) is -0.208. The highest BCUT2D eigenvalue weighted by Crippen LogP contribution is 2.22. The van der Waals surface area contributed by atoms with Crippen LogP contribution in [0.5, 0.6) is 0 Å². The van der Waals surface area contributed by atoms with Crippen LogP contribution in [0, 0.1) is 0 Å². The number of aliphatic hydroxyl groups is 5. The van der Waals surface area contributed by atoms with Crippen LogP contribution in [-0.2, 0) is 14.3 Å². The lowest BCUT2D eigenvalue weighted by Gasteiger charge is -2.40. The van der Waals surface area contributed by atoms with Gasteiger partial charge in [0.15, 0.2) is 6.29 Å². The van der Waals surface area contributed by atoms with Crippen molar-refractivity contribution in [3.8, 4) is 0 Å². The highest BCUT2D eigenvalue weighted by atomic mass is 16.7. The summed E-state index contributed by atoms with van der Waals surface area (Å²) < 4.78 is 11.2. The number of carbonyl (C=O) groups excluding carboxylic acids is 1. The SMILES string of the molecule is CC/C=C\C/C=C\C/C=C\C/C=C\C/C=C\C/C=C\C/C=C\C/C=C\C/C=C\C/C=C\CCCCCCCCC(=O)NC(COC1OC(CO)C(O)C(O)C1O)C(O)/C=C/CC/C=C/CCCCCCCCCCC. The number of carbonyl (C=O) groups is 1. The second-order valence-electron chi connectivity index (χ2n) is 19.7. The maximum absolute atomic E-state index is 13.0. The molecule has 0 aromatic heterocycles. The quantitative estimate of drug-likeness (QED) is 0.0261. The van der Waals surface area contributed by atoms with Crippen LogP contribution in [0.4, 0.5) is 0 Å². The smallest absolute Gasteiger partial charge is 0.220 e. The van der Waals surface area contributed by atoms with Crippen molar-refractivity contribution in [2.45, 2.75) is 249 Å². The van der Waals surface area contributed by atoms with Gasteiger partial charge in [-0.15, -0.1) is 0 Å². The van der Waals surface area contributed by atoms with E-state index in [1.165, 1.54) is 57.8 Å². The average molecular weight is 1040 g/mol. The molecular formula is C66H107NO8. The van der Waals surface area contributed by atoms with Crippen molar-refractivity contribution in [2.75, 3.05) is 13.2 Å². The van der Waals surface area contributed by atoms with Crippen molar-refractivity contribution < 1.29 is 39.8 Å². The molecule has 0 saturated carbocycles. The Kier molecular flexibility index (Phi) is 49.2. The normalized spacial score (nSPS) is 20.0. The summed E-state index contributed by atoms with van der Waals surface area (Å²) in [6.45, 7) is 3.62. The molecule has 6 N–H and O–H groups in total. The van der Waals surface area contributed by atoms with Gasteiger partial charge in [0.1, 0.15) is 24.4 Å². The Balaban J connectivity index is 2.22. The van der Waals surface area contributed by atoms with Gasteiger partial charge in [0.25, 0.3) is 0 Å². The van der Waals surface area contributed by atoms with Gasteiger partial charge in [-0.3, -0.25) is 4.79 Å². The molecule has 0 aliphatic carbocycles. The van der Waals surface area contributed by atoms with E-state index in [9.17, 15) is 30.3 Å². The van der Waals surface area contributed by atoms with E-state index < -0.39 is 49.5 Å². The first-order chi connectivity index (χ1) is 36.8. The molecule has 0 spiro atoms. The number of aliphatic hydroxyl groups excluding tert-OH is 5. The molecule has 1 saturated heterocycles. The molecule has 9 nitrogen and oxygen atoms in total. The van der Waals surface area contributed by atoms with E-state index in [0.29, 0.717) is 6.42 Å². The van der Waals surface area contributed by atoms with Gasteiger partial charge < -0.3 is 40.3 Å². The molecule has 7 unspecified atom stereocenters. The van der Waals surface area contributed by atoms with Gasteiger partial charge in [-0.25, -0.2) is 0 Å². The minimum absolute atomic E-state index is 0.208. The maximum atomic E-state index is 13.0. The Hall–Kier alpha value is -3.93. The molecule has 1 rings (SSSR count). The summed E-state index contributed by atoms with van der Waals surface area (Å²) in [7, 11) is 0. The Morgan fingerprint density at radius 1 is 0.467 bits per heavy atom. The van der Waals surface area contributed by atoms with Gasteiger partial charge in [0, 0.05) is 6.42 Å². The molecule has 1 aliphatic rings. The minimum atomic E-state index is -1.58. The van der Waals surface area contributed by atoms with Gasteiger partial charge in [0.05, 0.1) is 25.4 Å². The van der Waals surface area contributed by atoms with Gasteiger partial charge >= 0.3 is 0 Å². The Morgan fingerprint density at radius 2 is 0.840 bits per heavy atom. The van der Waals surface area contributed by atoms with E-state index in [1.807, 2.05) is 6.08 Å². The number of nitrogens with one attached hydrogen (secondary N) is 1. The van der Waals surface area contributed by atoms with E-state index in [0.717, 1.165) is 128 Å². The topological polar surface area (TPSA) is 149 Å². The Bertz CT molecular complexity index is 1680. The standard InChI is InChI=1S/C66H107NO8/c1-3-5-7-9-11-13-15-17-19-20-21-22-23-24-25-26-27-28-29-30-31-32-33-34-35-36-37-38-39-40-42-44-46-48-50-52-54-56-62(70)67-59(58-74-66-65(73)64(72)63(71)61(57-68)75-66)60(69)55-53-51-49-47-45-43-41-18-16-14-12-10-8-6-4-2/h5,7,11,13,17,19,21-22,24-25,27-28,30-31,33-34,36-37,39-40,45,47,53,55,59-61,63-66,68-69,71-73H,3-4,6,8-10,12,14-16,18,20,23,26,29,32,35,38,41-44,46,48-52,54,56-58H2,1-2H3,(H,67,70)/b7-5-,13-11-,19-17-,22-21-,25-24-,28-27-,31-30-,34-33-,37-36-,40-39-,47-45+,55-53+. The zero-order valence-electron chi connectivity index (χ0n) is 47.0. The first-order valence-corrected chi connectivity index (χ1v) is 29.6. The predicted molar refractivity (Wildman–Crippen MR) is 317 cm³/mol. The van der Waals surface area contributed by atoms with Crippen LogP contribution in [0.25, 0.3) is 0 Å². The lowest BCUT2D eigenvalue weighted by atomic mass is 9.99. The van der Waals surface area contributed by atoms with Crippen molar-refractivity contribution >= 4 is 5.91 Å². The summed E-state index contributed by atoms with van der Waals surface area (Å²) in [5.41, 5.74) is 0. The van der Waals surface area contributed by atoms with E-state index in [-0.39, 0.29) is 12.5 Å². The molecule has 424 valence electrons. The first kappa shape index (κ1) is 69.1. The fraction of sp³-hybridized carbons (Fsp3) is 0.621. The third kappa shape index (κ3) is 42.8. The number of rotatable bonds is 48. The largest absolute Gasteiger partial charge is 0.394 e. The van der Waals surface area contributed by atoms with Crippen LogP contribution in [0.1, 0.15) is 206 Å². The van der Waals surface area contributed by atoms with Crippen molar-refractivity contribution in [1.29, 1.82) is 0 Å². The summed E-state index contributed by atoms with van der Waals surface area (Å²) in [4.78, 5) is 13.0. The number of allylic oxidation sites excluding steroid dienone is 23. The van der Waals surface area contributed by atoms with Crippen molar-refractivity contribution in [2.24, 2.45) is 0 Å². The van der Waals surface area contributed by atoms with E-state index in [2.05, 4.69) is 153 Å². The summed E-state index contributed by atoms with van der Waals surface area (Å²) in [6.07, 6.45) is 76.3. The van der Waals surface area contributed by atoms with Gasteiger partial charge in [-0.05, 0) is 109 Å². The first-order valence-electron chi connectivity index (χ1n) is 29.6. The third-order valence-corrected chi connectivity index (χ3v) is 12.9. The monoisotopic (exact) mass is 1040 g/mol. The van der Waals surface area contributed by atoms with Crippen LogP contribution in [-0.4, -0.2) is 87.5 Å². The number of ether oxygens (including phenoxy) is 2. The molecule has 75 heavy (non-hydrogen) atoms. The predicted octanol–water partition coefficient (Wildman–Crippen LogP) is 15.1. The highest BCUT2D eigenvalue weighted by Gasteiger charge is 2.44. The number of amides is 1. The van der Waals surface area contributed by atoms with E-state index in [1.54, 1.807) is 6.08 Å². The zero-order valence-corrected chi connectivity index (χ0v) is 47.0. The second kappa shape index (κ2) is 53.5. The lowest BCUT2D eigenvalue weighted by molar-refractivity contribution is -0.302. The lowest BCUT2D eigenvalue weighted by Crippen LogP contribution is -2.60.